The average molecular weight is 542 g/mol. The molecule has 1 heterocycles. The molecule has 13 heteroatoms. The fraction of sp³-hybridized carbons (Fsp3) is 0.417. The van der Waals surface area contributed by atoms with Crippen LogP contribution in [0.1, 0.15) is 15.9 Å². The van der Waals surface area contributed by atoms with E-state index in [4.69, 9.17) is 40.4 Å². The lowest BCUT2D eigenvalue weighted by Crippen LogP contribution is -2.64. The van der Waals surface area contributed by atoms with Gasteiger partial charge in [0.05, 0.1) is 24.3 Å². The van der Waals surface area contributed by atoms with E-state index in [9.17, 15) is 24.9 Å². The van der Waals surface area contributed by atoms with Crippen LogP contribution in [0.15, 0.2) is 36.4 Å². The molecule has 1 amide bonds. The van der Waals surface area contributed by atoms with Crippen LogP contribution in [-0.2, 0) is 20.9 Å². The van der Waals surface area contributed by atoms with Crippen LogP contribution in [0.5, 0.6) is 17.2 Å². The highest BCUT2D eigenvalue weighted by Gasteiger charge is 2.45. The molecule has 1 aliphatic heterocycles. The Labute approximate surface area is 217 Å². The number of aliphatic carboxylic acids is 1. The molecule has 3 rings (SSSR count). The molecule has 2 aromatic carbocycles. The van der Waals surface area contributed by atoms with Gasteiger partial charge in [-0.1, -0.05) is 23.7 Å². The van der Waals surface area contributed by atoms with Gasteiger partial charge >= 0.3 is 5.97 Å². The molecule has 2 aromatic rings. The van der Waals surface area contributed by atoms with Crippen LogP contribution in [0.3, 0.4) is 0 Å². The molecule has 12 nitrogen and oxygen atoms in total. The van der Waals surface area contributed by atoms with Gasteiger partial charge in [-0.15, -0.1) is 0 Å². The van der Waals surface area contributed by atoms with E-state index in [0.29, 0.717) is 5.75 Å². The Morgan fingerprint density at radius 2 is 1.76 bits per heavy atom. The Morgan fingerprint density at radius 3 is 2.35 bits per heavy atom. The summed E-state index contributed by atoms with van der Waals surface area (Å²) in [7, 11) is 2.65. The van der Waals surface area contributed by atoms with E-state index in [0.717, 1.165) is 5.56 Å². The molecule has 0 radical (unpaired) electrons. The minimum absolute atomic E-state index is 0.0283. The molecular weight excluding hydrogens is 514 g/mol. The maximum atomic E-state index is 13.0. The summed E-state index contributed by atoms with van der Waals surface area (Å²) in [5.74, 6) is -1.01. The number of carbonyl (C=O) groups excluding carboxylic acids is 1. The first kappa shape index (κ1) is 28.4. The highest BCUT2D eigenvalue weighted by Crippen LogP contribution is 2.34. The largest absolute Gasteiger partial charge is 0.496 e. The van der Waals surface area contributed by atoms with E-state index in [1.54, 1.807) is 24.3 Å². The maximum absolute atomic E-state index is 13.0. The second-order valence-corrected chi connectivity index (χ2v) is 8.45. The number of aliphatic hydroxyl groups excluding tert-OH is 3. The third-order valence-corrected chi connectivity index (χ3v) is 5.88. The Morgan fingerprint density at radius 1 is 1.05 bits per heavy atom. The summed E-state index contributed by atoms with van der Waals surface area (Å²) in [5.41, 5.74) is 0.775. The molecule has 0 aliphatic carbocycles. The summed E-state index contributed by atoms with van der Waals surface area (Å²) in [6.45, 7) is -0.890. The molecule has 1 saturated heterocycles. The fourth-order valence-corrected chi connectivity index (χ4v) is 3.86. The smallest absolute Gasteiger partial charge is 0.341 e. The zero-order valence-corrected chi connectivity index (χ0v) is 20.8. The van der Waals surface area contributed by atoms with Crippen molar-refractivity contribution in [2.45, 2.75) is 37.3 Å². The number of benzene rings is 2. The predicted octanol–water partition coefficient (Wildman–Crippen LogP) is 0.575. The molecule has 0 bridgehead atoms. The number of aliphatic hydroxyl groups is 3. The summed E-state index contributed by atoms with van der Waals surface area (Å²) >= 11 is 6.35. The first-order chi connectivity index (χ1) is 17.7. The third-order valence-electron chi connectivity index (χ3n) is 5.59. The number of carboxylic acid groups (broad SMARTS) is 1. The van der Waals surface area contributed by atoms with Gasteiger partial charge in [-0.3, -0.25) is 4.79 Å². The van der Waals surface area contributed by atoms with Gasteiger partial charge in [-0.05, 0) is 23.8 Å². The quantitative estimate of drug-likeness (QED) is 0.269. The lowest BCUT2D eigenvalue weighted by molar-refractivity contribution is -0.261. The Kier molecular flexibility index (Phi) is 9.92. The van der Waals surface area contributed by atoms with Crippen LogP contribution in [-0.4, -0.2) is 90.4 Å². The van der Waals surface area contributed by atoms with E-state index in [2.05, 4.69) is 5.32 Å². The van der Waals surface area contributed by atoms with E-state index in [-0.39, 0.29) is 28.7 Å². The van der Waals surface area contributed by atoms with E-state index < -0.39 is 55.7 Å². The van der Waals surface area contributed by atoms with Crippen molar-refractivity contribution < 1.29 is 53.7 Å². The highest BCUT2D eigenvalue weighted by atomic mass is 35.5. The molecule has 1 aliphatic rings. The number of carbonyl (C=O) groups is 2. The normalized spacial score (nSPS) is 23.2. The number of halogens is 1. The van der Waals surface area contributed by atoms with Crippen LogP contribution in [0.2, 0.25) is 5.02 Å². The molecule has 0 aromatic heterocycles. The summed E-state index contributed by atoms with van der Waals surface area (Å²) in [5, 5.41) is 41.3. The fourth-order valence-electron chi connectivity index (χ4n) is 3.65. The second-order valence-electron chi connectivity index (χ2n) is 8.04. The van der Waals surface area contributed by atoms with Crippen molar-refractivity contribution >= 4 is 23.5 Å². The molecule has 0 spiro atoms. The summed E-state index contributed by atoms with van der Waals surface area (Å²) < 4.78 is 26.8. The summed E-state index contributed by atoms with van der Waals surface area (Å²) in [6.07, 6.45) is -5.16. The molecule has 5 N–H and O–H groups in total. The monoisotopic (exact) mass is 541 g/mol. The van der Waals surface area contributed by atoms with Crippen LogP contribution in [0.25, 0.3) is 0 Å². The first-order valence-electron chi connectivity index (χ1n) is 11.1. The Hall–Kier alpha value is -3.13. The SMILES string of the molecule is COc1cc(OCc2ccc(OCC(=O)O)cc2)c(Cl)cc1C(=O)N[C@H]1[C@@H](OC)O[C@H](CO)[C@@H](O)[C@@H]1O. The van der Waals surface area contributed by atoms with Gasteiger partial charge in [-0.25, -0.2) is 4.79 Å². The van der Waals surface area contributed by atoms with Crippen molar-refractivity contribution in [1.82, 2.24) is 5.32 Å². The van der Waals surface area contributed by atoms with Crippen molar-refractivity contribution in [2.24, 2.45) is 0 Å². The minimum atomic E-state index is -1.48. The van der Waals surface area contributed by atoms with Gasteiger partial charge in [-0.2, -0.15) is 0 Å². The topological polar surface area (TPSA) is 173 Å². The molecule has 5 atom stereocenters. The third kappa shape index (κ3) is 7.01. The minimum Gasteiger partial charge on any atom is -0.496 e. The van der Waals surface area contributed by atoms with Gasteiger partial charge in [0, 0.05) is 13.2 Å². The molecule has 202 valence electrons. The average Bonchev–Trinajstić information content (AvgIpc) is 2.89. The number of methoxy groups -OCH3 is 2. The van der Waals surface area contributed by atoms with Gasteiger partial charge < -0.3 is 49.4 Å². The van der Waals surface area contributed by atoms with Crippen molar-refractivity contribution in [3.05, 3.63) is 52.5 Å². The number of rotatable bonds is 11. The Bertz CT molecular complexity index is 1080. The number of hydrogen-bond donors (Lipinski definition) is 5. The van der Waals surface area contributed by atoms with Crippen LogP contribution in [0, 0.1) is 0 Å². The van der Waals surface area contributed by atoms with Gasteiger partial charge in [0.25, 0.3) is 5.91 Å². The number of carboxylic acids is 1. The molecule has 0 unspecified atom stereocenters. The van der Waals surface area contributed by atoms with Crippen molar-refractivity contribution in [1.29, 1.82) is 0 Å². The zero-order chi connectivity index (χ0) is 27.1. The van der Waals surface area contributed by atoms with Gasteiger partial charge in [0.2, 0.25) is 0 Å². The number of ether oxygens (including phenoxy) is 5. The molecule has 1 fully saturated rings. The summed E-state index contributed by atoms with van der Waals surface area (Å²) in [6, 6.07) is 8.21. The van der Waals surface area contributed by atoms with E-state index >= 15 is 0 Å². The second kappa shape index (κ2) is 12.9. The first-order valence-corrected chi connectivity index (χ1v) is 11.5. The van der Waals surface area contributed by atoms with E-state index in [1.807, 2.05) is 0 Å². The van der Waals surface area contributed by atoms with E-state index in [1.165, 1.54) is 26.4 Å². The lowest BCUT2D eigenvalue weighted by atomic mass is 9.96. The number of amides is 1. The van der Waals surface area contributed by atoms with Crippen LogP contribution < -0.4 is 19.5 Å². The predicted molar refractivity (Wildman–Crippen MR) is 128 cm³/mol. The van der Waals surface area contributed by atoms with Crippen molar-refractivity contribution in [3.63, 3.8) is 0 Å². The standard InChI is InChI=1S/C24H28ClNO11/c1-33-16-8-17(36-10-12-3-5-13(6-4-12)35-11-19(28)29)15(25)7-14(16)23(32)26-20-22(31)21(30)18(9-27)37-24(20)34-2/h3-8,18,20-22,24,27,30-31H,9-11H2,1-2H3,(H,26,32)(H,28,29)/t18-,20-,21-,22-,24+/m1/s1. The molecular formula is C24H28ClNO11. The summed E-state index contributed by atoms with van der Waals surface area (Å²) in [4.78, 5) is 23.6. The Balaban J connectivity index is 1.70. The van der Waals surface area contributed by atoms with Gasteiger partial charge in [0.15, 0.2) is 12.9 Å². The van der Waals surface area contributed by atoms with Crippen LogP contribution >= 0.6 is 11.6 Å². The molecule has 0 saturated carbocycles. The van der Waals surface area contributed by atoms with Crippen molar-refractivity contribution in [2.75, 3.05) is 27.4 Å². The zero-order valence-electron chi connectivity index (χ0n) is 20.0. The highest BCUT2D eigenvalue weighted by molar-refractivity contribution is 6.32. The number of hydrogen-bond acceptors (Lipinski definition) is 10. The van der Waals surface area contributed by atoms with Gasteiger partial charge in [0.1, 0.15) is 48.2 Å². The lowest BCUT2D eigenvalue weighted by Gasteiger charge is -2.41. The van der Waals surface area contributed by atoms with Crippen LogP contribution in [0.4, 0.5) is 0 Å². The van der Waals surface area contributed by atoms with Crippen molar-refractivity contribution in [3.8, 4) is 17.2 Å². The maximum Gasteiger partial charge on any atom is 0.341 e. The number of nitrogens with one attached hydrogen (secondary N) is 1. The molecule has 37 heavy (non-hydrogen) atoms.